The maximum Gasteiger partial charge on any atom is 0.259 e. The molecule has 4 rings (SSSR count). The Hall–Kier alpha value is -2.37. The van der Waals surface area contributed by atoms with Crippen LogP contribution in [0.15, 0.2) is 27.5 Å². The molecule has 0 N–H and O–H groups in total. The quantitative estimate of drug-likeness (QED) is 0.804. The highest BCUT2D eigenvalue weighted by atomic mass is 16.5. The van der Waals surface area contributed by atoms with E-state index >= 15 is 0 Å². The summed E-state index contributed by atoms with van der Waals surface area (Å²) >= 11 is 0. The molecule has 2 atom stereocenters. The summed E-state index contributed by atoms with van der Waals surface area (Å²) in [6.45, 7) is 5.58. The van der Waals surface area contributed by atoms with Crippen LogP contribution in [0.25, 0.3) is 0 Å². The van der Waals surface area contributed by atoms with Crippen LogP contribution in [0.2, 0.25) is 0 Å². The van der Waals surface area contributed by atoms with Crippen LogP contribution in [0.5, 0.6) is 0 Å². The van der Waals surface area contributed by atoms with E-state index in [-0.39, 0.29) is 17.4 Å². The average Bonchev–Trinajstić information content (AvgIpc) is 2.86. The van der Waals surface area contributed by atoms with Gasteiger partial charge in [0.25, 0.3) is 11.5 Å². The average molecular weight is 313 g/mol. The molecule has 0 saturated carbocycles. The summed E-state index contributed by atoms with van der Waals surface area (Å²) in [6.07, 6.45) is 1.04. The van der Waals surface area contributed by atoms with E-state index < -0.39 is 0 Å². The van der Waals surface area contributed by atoms with E-state index in [9.17, 15) is 9.59 Å². The molecule has 0 spiro atoms. The molecule has 4 heterocycles. The van der Waals surface area contributed by atoms with Crippen molar-refractivity contribution in [2.75, 3.05) is 13.1 Å². The van der Waals surface area contributed by atoms with Crippen molar-refractivity contribution in [1.82, 2.24) is 14.6 Å². The molecule has 2 bridgehead atoms. The van der Waals surface area contributed by atoms with Gasteiger partial charge >= 0.3 is 0 Å². The van der Waals surface area contributed by atoms with Crippen LogP contribution in [-0.4, -0.2) is 33.6 Å². The summed E-state index contributed by atoms with van der Waals surface area (Å²) in [5, 5.41) is 3.88. The van der Waals surface area contributed by atoms with Crippen LogP contribution < -0.4 is 5.56 Å². The van der Waals surface area contributed by atoms with E-state index in [1.54, 1.807) is 19.9 Å². The van der Waals surface area contributed by atoms with Crippen LogP contribution in [0.4, 0.5) is 0 Å². The van der Waals surface area contributed by atoms with Gasteiger partial charge in [-0.15, -0.1) is 0 Å². The van der Waals surface area contributed by atoms with Crippen molar-refractivity contribution in [1.29, 1.82) is 0 Å². The Morgan fingerprint density at radius 2 is 2.09 bits per heavy atom. The molecule has 1 amide bonds. The fourth-order valence-corrected chi connectivity index (χ4v) is 4.01. The number of rotatable bonds is 1. The predicted octanol–water partition coefficient (Wildman–Crippen LogP) is 1.71. The van der Waals surface area contributed by atoms with Gasteiger partial charge in [0.05, 0.1) is 5.69 Å². The molecule has 6 nitrogen and oxygen atoms in total. The number of carbonyl (C=O) groups excluding carboxylic acids is 1. The number of likely N-dealkylation sites (tertiary alicyclic amines) is 1. The maximum absolute atomic E-state index is 12.9. The number of hydrogen-bond acceptors (Lipinski definition) is 4. The molecule has 0 aliphatic carbocycles. The first kappa shape index (κ1) is 14.2. The van der Waals surface area contributed by atoms with E-state index in [0.29, 0.717) is 42.6 Å². The third-order valence-corrected chi connectivity index (χ3v) is 5.01. The smallest absolute Gasteiger partial charge is 0.259 e. The second-order valence-electron chi connectivity index (χ2n) is 6.61. The Balaban J connectivity index is 1.66. The molecule has 0 aromatic carbocycles. The Morgan fingerprint density at radius 3 is 2.83 bits per heavy atom. The summed E-state index contributed by atoms with van der Waals surface area (Å²) < 4.78 is 7.00. The number of fused-ring (bicyclic) bond motifs is 4. The van der Waals surface area contributed by atoms with E-state index in [1.807, 2.05) is 21.6 Å². The minimum absolute atomic E-state index is 0.0114. The van der Waals surface area contributed by atoms with Gasteiger partial charge in [-0.25, -0.2) is 0 Å². The monoisotopic (exact) mass is 313 g/mol. The van der Waals surface area contributed by atoms with Crippen molar-refractivity contribution in [3.63, 3.8) is 0 Å². The lowest BCUT2D eigenvalue weighted by molar-refractivity contribution is 0.0592. The Labute approximate surface area is 133 Å². The first-order valence-electron chi connectivity index (χ1n) is 7.96. The first-order chi connectivity index (χ1) is 11.0. The number of pyridine rings is 1. The van der Waals surface area contributed by atoms with Gasteiger partial charge in [0.2, 0.25) is 0 Å². The van der Waals surface area contributed by atoms with E-state index in [4.69, 9.17) is 4.52 Å². The summed E-state index contributed by atoms with van der Waals surface area (Å²) in [4.78, 5) is 26.8. The lowest BCUT2D eigenvalue weighted by atomic mass is 9.83. The normalized spacial score (nSPS) is 22.8. The molecular weight excluding hydrogens is 294 g/mol. The van der Waals surface area contributed by atoms with Gasteiger partial charge < -0.3 is 14.0 Å². The Morgan fingerprint density at radius 1 is 1.26 bits per heavy atom. The molecule has 1 fully saturated rings. The Kier molecular flexibility index (Phi) is 3.14. The minimum atomic E-state index is -0.0114. The number of carbonyl (C=O) groups is 1. The van der Waals surface area contributed by atoms with Gasteiger partial charge in [0.1, 0.15) is 11.3 Å². The number of hydrogen-bond donors (Lipinski definition) is 0. The van der Waals surface area contributed by atoms with Gasteiger partial charge in [-0.2, -0.15) is 0 Å². The largest absolute Gasteiger partial charge is 0.361 e. The number of piperidine rings is 1. The third-order valence-electron chi connectivity index (χ3n) is 5.01. The van der Waals surface area contributed by atoms with Crippen molar-refractivity contribution >= 4 is 5.91 Å². The number of amides is 1. The second-order valence-corrected chi connectivity index (χ2v) is 6.61. The molecule has 2 aliphatic heterocycles. The van der Waals surface area contributed by atoms with Crippen LogP contribution >= 0.6 is 0 Å². The molecule has 0 radical (unpaired) electrons. The standard InChI is InChI=1S/C17H19N3O3/c1-10-16(11(2)23-18-10)17(22)19-7-12-6-13(9-19)14-4-3-5-15(21)20(14)8-12/h3-5,12-13H,6-9H2,1-2H3/t12-,13+/m1/s1. The van der Waals surface area contributed by atoms with Crippen LogP contribution in [0.1, 0.15) is 39.8 Å². The zero-order valence-electron chi connectivity index (χ0n) is 13.3. The molecule has 1 saturated heterocycles. The lowest BCUT2D eigenvalue weighted by Gasteiger charge is -2.42. The molecule has 2 aliphatic rings. The van der Waals surface area contributed by atoms with Crippen LogP contribution in [0.3, 0.4) is 0 Å². The molecule has 23 heavy (non-hydrogen) atoms. The zero-order chi connectivity index (χ0) is 16.1. The predicted molar refractivity (Wildman–Crippen MR) is 83.4 cm³/mol. The third kappa shape index (κ3) is 2.20. The van der Waals surface area contributed by atoms with Gasteiger partial charge in [-0.05, 0) is 32.3 Å². The summed E-state index contributed by atoms with van der Waals surface area (Å²) in [5.74, 6) is 1.11. The second kappa shape index (κ2) is 5.08. The van der Waals surface area contributed by atoms with Gasteiger partial charge in [-0.1, -0.05) is 11.2 Å². The summed E-state index contributed by atoms with van der Waals surface area (Å²) in [5.41, 5.74) is 2.32. The van der Waals surface area contributed by atoms with Crippen LogP contribution in [0, 0.1) is 19.8 Å². The highest BCUT2D eigenvalue weighted by Gasteiger charge is 2.37. The highest BCUT2D eigenvalue weighted by Crippen LogP contribution is 2.35. The molecule has 120 valence electrons. The van der Waals surface area contributed by atoms with Crippen molar-refractivity contribution in [3.8, 4) is 0 Å². The van der Waals surface area contributed by atoms with Crippen LogP contribution in [-0.2, 0) is 6.54 Å². The molecule has 2 aromatic heterocycles. The van der Waals surface area contributed by atoms with Crippen molar-refractivity contribution in [2.45, 2.75) is 32.7 Å². The van der Waals surface area contributed by atoms with Gasteiger partial charge in [-0.3, -0.25) is 9.59 Å². The topological polar surface area (TPSA) is 68.3 Å². The minimum Gasteiger partial charge on any atom is -0.361 e. The van der Waals surface area contributed by atoms with E-state index in [2.05, 4.69) is 5.16 Å². The highest BCUT2D eigenvalue weighted by molar-refractivity contribution is 5.96. The molecule has 2 aromatic rings. The number of nitrogens with zero attached hydrogens (tertiary/aromatic N) is 3. The van der Waals surface area contributed by atoms with E-state index in [1.165, 1.54) is 0 Å². The van der Waals surface area contributed by atoms with Crippen molar-refractivity contribution in [3.05, 3.63) is 51.3 Å². The zero-order valence-corrected chi connectivity index (χ0v) is 13.3. The number of aryl methyl sites for hydroxylation is 2. The lowest BCUT2D eigenvalue weighted by Crippen LogP contribution is -2.49. The first-order valence-corrected chi connectivity index (χ1v) is 7.96. The Bertz CT molecular complexity index is 816. The van der Waals surface area contributed by atoms with Gasteiger partial charge in [0.15, 0.2) is 0 Å². The SMILES string of the molecule is Cc1noc(C)c1C(=O)N1C[C@H]2C[C@@H](C1)c1cccc(=O)n1C2. The number of aromatic nitrogens is 2. The van der Waals surface area contributed by atoms with Gasteiger partial charge in [0, 0.05) is 37.3 Å². The maximum atomic E-state index is 12.9. The molecular formula is C17H19N3O3. The van der Waals surface area contributed by atoms with E-state index in [0.717, 1.165) is 12.1 Å². The summed E-state index contributed by atoms with van der Waals surface area (Å²) in [6, 6.07) is 5.42. The van der Waals surface area contributed by atoms with Crippen molar-refractivity contribution in [2.24, 2.45) is 5.92 Å². The molecule has 0 unspecified atom stereocenters. The van der Waals surface area contributed by atoms with Crippen molar-refractivity contribution < 1.29 is 9.32 Å². The fraction of sp³-hybridized carbons (Fsp3) is 0.471. The fourth-order valence-electron chi connectivity index (χ4n) is 4.01. The summed E-state index contributed by atoms with van der Waals surface area (Å²) in [7, 11) is 0. The molecule has 6 heteroatoms.